The van der Waals surface area contributed by atoms with Crippen LogP contribution in [0, 0.1) is 5.82 Å². The van der Waals surface area contributed by atoms with Crippen LogP contribution in [0.1, 0.15) is 22.8 Å². The molecule has 0 fully saturated rings. The second kappa shape index (κ2) is 8.71. The number of rotatable bonds is 6. The molecule has 2 aromatic carbocycles. The summed E-state index contributed by atoms with van der Waals surface area (Å²) in [6, 6.07) is 14.2. The minimum atomic E-state index is -0.578. The Kier molecular flexibility index (Phi) is 6.11. The molecule has 0 aliphatic heterocycles. The number of benzene rings is 2. The van der Waals surface area contributed by atoms with E-state index in [2.05, 4.69) is 5.32 Å². The third kappa shape index (κ3) is 4.23. The van der Waals surface area contributed by atoms with Crippen molar-refractivity contribution in [1.82, 2.24) is 4.57 Å². The number of pyridine rings is 1. The van der Waals surface area contributed by atoms with Gasteiger partial charge in [-0.15, -0.1) is 0 Å². The summed E-state index contributed by atoms with van der Waals surface area (Å²) in [6.45, 7) is 2.19. The average Bonchev–Trinajstić information content (AvgIpc) is 2.67. The van der Waals surface area contributed by atoms with E-state index in [1.165, 1.54) is 29.0 Å². The molecule has 1 heterocycles. The third-order valence-electron chi connectivity index (χ3n) is 4.09. The Hall–Kier alpha value is -3.12. The van der Waals surface area contributed by atoms with E-state index in [4.69, 9.17) is 16.3 Å². The molecule has 0 spiro atoms. The first-order valence-electron chi connectivity index (χ1n) is 8.66. The highest BCUT2D eigenvalue weighted by molar-refractivity contribution is 6.31. The molecule has 1 aromatic heterocycles. The first kappa shape index (κ1) is 19.6. The van der Waals surface area contributed by atoms with E-state index in [1.807, 2.05) is 6.92 Å². The number of nitrogens with zero attached hydrogens (tertiary/aromatic N) is 1. The molecule has 0 bridgehead atoms. The van der Waals surface area contributed by atoms with E-state index in [0.717, 1.165) is 0 Å². The van der Waals surface area contributed by atoms with Crippen molar-refractivity contribution in [2.45, 2.75) is 13.5 Å². The number of hydrogen-bond acceptors (Lipinski definition) is 3. The van der Waals surface area contributed by atoms with E-state index in [-0.39, 0.29) is 22.7 Å². The van der Waals surface area contributed by atoms with Gasteiger partial charge in [0.15, 0.2) is 0 Å². The number of carbonyl (C=O) groups excluding carboxylic acids is 1. The smallest absolute Gasteiger partial charge is 0.263 e. The van der Waals surface area contributed by atoms with Gasteiger partial charge in [0.1, 0.15) is 17.1 Å². The lowest BCUT2D eigenvalue weighted by molar-refractivity contribution is 0.102. The number of anilines is 1. The van der Waals surface area contributed by atoms with Crippen molar-refractivity contribution < 1.29 is 13.9 Å². The second-order valence-corrected chi connectivity index (χ2v) is 6.35. The molecule has 0 aliphatic rings. The lowest BCUT2D eigenvalue weighted by atomic mass is 10.2. The van der Waals surface area contributed by atoms with Gasteiger partial charge >= 0.3 is 0 Å². The maximum absolute atomic E-state index is 14.0. The van der Waals surface area contributed by atoms with Gasteiger partial charge in [-0.2, -0.15) is 0 Å². The van der Waals surface area contributed by atoms with Gasteiger partial charge in [-0.1, -0.05) is 29.8 Å². The van der Waals surface area contributed by atoms with Crippen LogP contribution in [0.2, 0.25) is 5.02 Å². The maximum atomic E-state index is 14.0. The monoisotopic (exact) mass is 400 g/mol. The lowest BCUT2D eigenvalue weighted by Crippen LogP contribution is -2.29. The van der Waals surface area contributed by atoms with E-state index in [1.54, 1.807) is 36.4 Å². The zero-order chi connectivity index (χ0) is 20.1. The quantitative estimate of drug-likeness (QED) is 0.669. The fraction of sp³-hybridized carbons (Fsp3) is 0.143. The van der Waals surface area contributed by atoms with Crippen LogP contribution in [-0.4, -0.2) is 17.1 Å². The SMILES string of the molecule is CCOc1ccccc1NC(=O)c1cccn(Cc2c(F)cccc2Cl)c1=O. The molecule has 0 saturated heterocycles. The van der Waals surface area contributed by atoms with E-state index >= 15 is 0 Å². The first-order valence-corrected chi connectivity index (χ1v) is 9.04. The Balaban J connectivity index is 1.89. The molecular formula is C21H18ClFN2O3. The van der Waals surface area contributed by atoms with Crippen molar-refractivity contribution in [3.05, 3.63) is 93.1 Å². The normalized spacial score (nSPS) is 10.5. The summed E-state index contributed by atoms with van der Waals surface area (Å²) in [7, 11) is 0. The molecule has 1 N–H and O–H groups in total. The zero-order valence-corrected chi connectivity index (χ0v) is 15.9. The number of aromatic nitrogens is 1. The van der Waals surface area contributed by atoms with E-state index in [0.29, 0.717) is 18.0 Å². The molecule has 28 heavy (non-hydrogen) atoms. The van der Waals surface area contributed by atoms with Gasteiger partial charge in [-0.05, 0) is 43.3 Å². The number of halogens is 2. The topological polar surface area (TPSA) is 60.3 Å². The summed E-state index contributed by atoms with van der Waals surface area (Å²) in [5.41, 5.74) is 0.0290. The molecule has 0 unspecified atom stereocenters. The standard InChI is InChI=1S/C21H18ClFN2O3/c1-2-28-19-11-4-3-10-18(19)24-20(26)14-7-6-12-25(21(14)27)13-15-16(22)8-5-9-17(15)23/h3-12H,2,13H2,1H3,(H,24,26). The van der Waals surface area contributed by atoms with Crippen molar-refractivity contribution in [3.8, 4) is 5.75 Å². The van der Waals surface area contributed by atoms with Crippen LogP contribution in [0.4, 0.5) is 10.1 Å². The summed E-state index contributed by atoms with van der Waals surface area (Å²) in [5, 5.41) is 2.90. The fourth-order valence-electron chi connectivity index (χ4n) is 2.73. The zero-order valence-electron chi connectivity index (χ0n) is 15.1. The Morgan fingerprint density at radius 3 is 2.68 bits per heavy atom. The fourth-order valence-corrected chi connectivity index (χ4v) is 2.95. The minimum absolute atomic E-state index is 0.0683. The molecule has 144 valence electrons. The molecule has 1 amide bonds. The number of para-hydroxylation sites is 2. The van der Waals surface area contributed by atoms with Crippen LogP contribution >= 0.6 is 11.6 Å². The Morgan fingerprint density at radius 2 is 1.93 bits per heavy atom. The second-order valence-electron chi connectivity index (χ2n) is 5.94. The van der Waals surface area contributed by atoms with Crippen LogP contribution in [0.15, 0.2) is 65.6 Å². The van der Waals surface area contributed by atoms with Gasteiger partial charge in [-0.25, -0.2) is 4.39 Å². The van der Waals surface area contributed by atoms with Crippen molar-refractivity contribution in [2.24, 2.45) is 0 Å². The maximum Gasteiger partial charge on any atom is 0.263 e. The predicted molar refractivity (Wildman–Crippen MR) is 107 cm³/mol. The first-order chi connectivity index (χ1) is 13.5. The Morgan fingerprint density at radius 1 is 1.14 bits per heavy atom. The highest BCUT2D eigenvalue weighted by Crippen LogP contribution is 2.24. The van der Waals surface area contributed by atoms with Crippen molar-refractivity contribution in [1.29, 1.82) is 0 Å². The number of amides is 1. The van der Waals surface area contributed by atoms with Gasteiger partial charge in [0.2, 0.25) is 0 Å². The lowest BCUT2D eigenvalue weighted by Gasteiger charge is -2.12. The number of carbonyl (C=O) groups is 1. The molecule has 0 atom stereocenters. The Labute approximate surface area is 166 Å². The third-order valence-corrected chi connectivity index (χ3v) is 4.44. The van der Waals surface area contributed by atoms with Crippen LogP contribution in [0.5, 0.6) is 5.75 Å². The molecule has 3 aromatic rings. The van der Waals surface area contributed by atoms with Gasteiger partial charge < -0.3 is 14.6 Å². The molecule has 0 saturated carbocycles. The van der Waals surface area contributed by atoms with Crippen LogP contribution in [0.25, 0.3) is 0 Å². The minimum Gasteiger partial charge on any atom is -0.492 e. The average molecular weight is 401 g/mol. The largest absolute Gasteiger partial charge is 0.492 e. The summed E-state index contributed by atoms with van der Waals surface area (Å²) in [4.78, 5) is 25.4. The molecular weight excluding hydrogens is 383 g/mol. The highest BCUT2D eigenvalue weighted by atomic mass is 35.5. The van der Waals surface area contributed by atoms with Crippen molar-refractivity contribution in [2.75, 3.05) is 11.9 Å². The van der Waals surface area contributed by atoms with Crippen molar-refractivity contribution in [3.63, 3.8) is 0 Å². The highest BCUT2D eigenvalue weighted by Gasteiger charge is 2.16. The number of ether oxygens (including phenoxy) is 1. The molecule has 5 nitrogen and oxygen atoms in total. The summed E-state index contributed by atoms with van der Waals surface area (Å²) in [6.07, 6.45) is 1.48. The van der Waals surface area contributed by atoms with Crippen LogP contribution in [0.3, 0.4) is 0 Å². The van der Waals surface area contributed by atoms with Crippen LogP contribution in [-0.2, 0) is 6.54 Å². The van der Waals surface area contributed by atoms with Crippen molar-refractivity contribution >= 4 is 23.2 Å². The predicted octanol–water partition coefficient (Wildman–Crippen LogP) is 4.34. The molecule has 0 radical (unpaired) electrons. The van der Waals surface area contributed by atoms with Gasteiger partial charge in [-0.3, -0.25) is 9.59 Å². The van der Waals surface area contributed by atoms with E-state index < -0.39 is 17.3 Å². The Bertz CT molecular complexity index is 1050. The molecule has 3 rings (SSSR count). The molecule has 7 heteroatoms. The molecule has 0 aliphatic carbocycles. The van der Waals surface area contributed by atoms with Gasteiger partial charge in [0, 0.05) is 16.8 Å². The summed E-state index contributed by atoms with van der Waals surface area (Å²) in [5.74, 6) is -0.584. The van der Waals surface area contributed by atoms with E-state index in [9.17, 15) is 14.0 Å². The van der Waals surface area contributed by atoms with Gasteiger partial charge in [0.25, 0.3) is 11.5 Å². The summed E-state index contributed by atoms with van der Waals surface area (Å²) < 4.78 is 20.8. The van der Waals surface area contributed by atoms with Crippen LogP contribution < -0.4 is 15.6 Å². The van der Waals surface area contributed by atoms with Gasteiger partial charge in [0.05, 0.1) is 18.8 Å². The summed E-state index contributed by atoms with van der Waals surface area (Å²) >= 11 is 6.04. The number of hydrogen-bond donors (Lipinski definition) is 1. The number of nitrogens with one attached hydrogen (secondary N) is 1.